The largest absolute Gasteiger partial charge is 0.493 e. The van der Waals surface area contributed by atoms with E-state index >= 15 is 0 Å². The van der Waals surface area contributed by atoms with Gasteiger partial charge in [0.1, 0.15) is 11.5 Å². The monoisotopic (exact) mass is 1010 g/mol. The molecule has 0 aliphatic carbocycles. The molecule has 0 aliphatic heterocycles. The number of ether oxygens (including phenoxy) is 2. The van der Waals surface area contributed by atoms with E-state index in [4.69, 9.17) is 31.0 Å². The van der Waals surface area contributed by atoms with Crippen molar-refractivity contribution in [3.8, 4) is 22.6 Å². The molecule has 6 aromatic carbocycles. The number of halogens is 1. The fourth-order valence-electron chi connectivity index (χ4n) is 7.30. The molecule has 0 aliphatic rings. The van der Waals surface area contributed by atoms with Crippen LogP contribution in [0.25, 0.3) is 32.9 Å². The van der Waals surface area contributed by atoms with Crippen LogP contribution in [-0.2, 0) is 13.1 Å². The standard InChI is InChI=1S/C26H26N4O3.C19H20BrN3O2.C7H8BNO3/c1-3-12-33-23-14-19(10-11-22(23)17-6-4-7-18(13-17)25(27)31)26(32)30(2)16-21-9-5-8-20-15-28-29-24(20)21;1-3-9-25-17-10-13(7-8-16(17)20)19(24)23(2)12-15-6-4-5-14-11-21-22-18(14)15;9-7(10)5-2-1-3-6(4-5)8(11)12/h4-11,13-15H,3,12,16H2,1-2H3,(H2,27,31)(H,28,29);4-8,10-11H,3,9,12H2,1-2H3,(H,21,22);1-4,11-12H,(H2,9,10). The molecule has 16 nitrogen and oxygen atoms in total. The molecule has 2 heterocycles. The van der Waals surface area contributed by atoms with Gasteiger partial charge in [-0.2, -0.15) is 10.2 Å². The minimum atomic E-state index is -1.57. The molecule has 360 valence electrons. The maximum absolute atomic E-state index is 13.2. The second-order valence-corrected chi connectivity index (χ2v) is 17.0. The number of rotatable bonds is 16. The molecular formula is C52H54BBrN8O8. The van der Waals surface area contributed by atoms with E-state index in [-0.39, 0.29) is 22.8 Å². The van der Waals surface area contributed by atoms with E-state index in [1.54, 1.807) is 78.8 Å². The summed E-state index contributed by atoms with van der Waals surface area (Å²) in [5, 5.41) is 33.7. The third-order valence-corrected chi connectivity index (χ3v) is 11.5. The Bertz CT molecular complexity index is 3100. The number of nitrogens with zero attached hydrogens (tertiary/aromatic N) is 4. The van der Waals surface area contributed by atoms with Gasteiger partial charge in [-0.15, -0.1) is 0 Å². The molecule has 70 heavy (non-hydrogen) atoms. The van der Waals surface area contributed by atoms with Gasteiger partial charge in [-0.05, 0) is 112 Å². The Hall–Kier alpha value is -7.80. The first-order valence-electron chi connectivity index (χ1n) is 22.4. The fraction of sp³-hybridized carbons (Fsp3) is 0.192. The van der Waals surface area contributed by atoms with E-state index in [0.29, 0.717) is 54.5 Å². The number of amides is 4. The Morgan fingerprint density at radius 3 is 1.63 bits per heavy atom. The second kappa shape index (κ2) is 24.5. The van der Waals surface area contributed by atoms with E-state index in [0.717, 1.165) is 61.4 Å². The van der Waals surface area contributed by atoms with Gasteiger partial charge >= 0.3 is 7.12 Å². The highest BCUT2D eigenvalue weighted by Crippen LogP contribution is 2.33. The van der Waals surface area contributed by atoms with Crippen molar-refractivity contribution in [3.05, 3.63) is 172 Å². The van der Waals surface area contributed by atoms with Gasteiger partial charge in [-0.3, -0.25) is 29.4 Å². The summed E-state index contributed by atoms with van der Waals surface area (Å²) in [5.74, 6) is 0.0342. The number of hydrogen-bond acceptors (Lipinski definition) is 10. The van der Waals surface area contributed by atoms with Crippen LogP contribution in [0, 0.1) is 0 Å². The molecule has 8 N–H and O–H groups in total. The van der Waals surface area contributed by atoms with Gasteiger partial charge in [0.15, 0.2) is 0 Å². The van der Waals surface area contributed by atoms with Crippen molar-refractivity contribution in [1.82, 2.24) is 30.2 Å². The van der Waals surface area contributed by atoms with Crippen molar-refractivity contribution >= 4 is 73.9 Å². The number of aromatic amines is 2. The Morgan fingerprint density at radius 2 is 1.10 bits per heavy atom. The van der Waals surface area contributed by atoms with E-state index in [1.807, 2.05) is 68.4 Å². The number of fused-ring (bicyclic) bond motifs is 2. The molecule has 18 heteroatoms. The SMILES string of the molecule is CCCOc1cc(C(=O)N(C)Cc2cccc3cn[nH]c23)ccc1-c1cccc(C(N)=O)c1.CCCOc1cc(C(=O)N(C)Cc2cccc3cn[nH]c23)ccc1Br.NC(=O)c1cccc(B(O)O)c1. The number of carbonyl (C=O) groups is 4. The van der Waals surface area contributed by atoms with Gasteiger partial charge in [0.2, 0.25) is 11.8 Å². The molecule has 0 atom stereocenters. The quantitative estimate of drug-likeness (QED) is 0.0530. The van der Waals surface area contributed by atoms with E-state index < -0.39 is 18.9 Å². The summed E-state index contributed by atoms with van der Waals surface area (Å²) in [6.07, 6.45) is 5.29. The summed E-state index contributed by atoms with van der Waals surface area (Å²) in [6, 6.07) is 35.7. The minimum absolute atomic E-state index is 0.0506. The lowest BCUT2D eigenvalue weighted by Crippen LogP contribution is -2.30. The number of H-pyrrole nitrogens is 2. The predicted molar refractivity (Wildman–Crippen MR) is 275 cm³/mol. The van der Waals surface area contributed by atoms with Gasteiger partial charge in [-0.1, -0.05) is 74.5 Å². The molecule has 0 bridgehead atoms. The van der Waals surface area contributed by atoms with Gasteiger partial charge in [0, 0.05) is 65.8 Å². The summed E-state index contributed by atoms with van der Waals surface area (Å²) in [4.78, 5) is 51.6. The number of benzene rings is 6. The lowest BCUT2D eigenvalue weighted by atomic mass is 9.79. The average molecular weight is 1010 g/mol. The molecule has 0 radical (unpaired) electrons. The van der Waals surface area contributed by atoms with Crippen LogP contribution >= 0.6 is 15.9 Å². The third-order valence-electron chi connectivity index (χ3n) is 10.9. The normalized spacial score (nSPS) is 10.6. The first-order chi connectivity index (χ1) is 33.7. The Morgan fingerprint density at radius 1 is 0.614 bits per heavy atom. The molecular weight excluding hydrogens is 955 g/mol. The predicted octanol–water partition coefficient (Wildman–Crippen LogP) is 7.24. The highest BCUT2D eigenvalue weighted by Gasteiger charge is 2.19. The van der Waals surface area contributed by atoms with Gasteiger partial charge in [-0.25, -0.2) is 0 Å². The summed E-state index contributed by atoms with van der Waals surface area (Å²) >= 11 is 3.46. The van der Waals surface area contributed by atoms with E-state index in [1.165, 1.54) is 24.3 Å². The van der Waals surface area contributed by atoms with Gasteiger partial charge in [0.25, 0.3) is 11.8 Å². The van der Waals surface area contributed by atoms with E-state index in [9.17, 15) is 19.2 Å². The zero-order valence-corrected chi connectivity index (χ0v) is 40.8. The van der Waals surface area contributed by atoms with Crippen LogP contribution in [0.4, 0.5) is 0 Å². The number of para-hydroxylation sites is 2. The van der Waals surface area contributed by atoms with Crippen molar-refractivity contribution in [2.75, 3.05) is 27.3 Å². The van der Waals surface area contributed by atoms with Crippen molar-refractivity contribution in [2.45, 2.75) is 39.8 Å². The van der Waals surface area contributed by atoms with Gasteiger partial charge in [0.05, 0.1) is 41.1 Å². The average Bonchev–Trinajstić information content (AvgIpc) is 4.07. The first kappa shape index (κ1) is 51.6. The molecule has 8 rings (SSSR count). The molecule has 0 unspecified atom stereocenters. The van der Waals surface area contributed by atoms with Crippen molar-refractivity contribution < 1.29 is 38.7 Å². The zero-order chi connectivity index (χ0) is 50.3. The first-order valence-corrected chi connectivity index (χ1v) is 23.2. The number of nitrogens with two attached hydrogens (primary N) is 2. The lowest BCUT2D eigenvalue weighted by Gasteiger charge is -2.19. The van der Waals surface area contributed by atoms with Crippen LogP contribution < -0.4 is 26.4 Å². The van der Waals surface area contributed by atoms with Crippen molar-refractivity contribution in [3.63, 3.8) is 0 Å². The summed E-state index contributed by atoms with van der Waals surface area (Å²) < 4.78 is 12.5. The Labute approximate surface area is 413 Å². The highest BCUT2D eigenvalue weighted by molar-refractivity contribution is 9.10. The smallest absolute Gasteiger partial charge is 0.488 e. The fourth-order valence-corrected chi connectivity index (χ4v) is 7.66. The molecule has 0 saturated carbocycles. The Kier molecular flexibility index (Phi) is 18.0. The summed E-state index contributed by atoms with van der Waals surface area (Å²) in [6.45, 7) is 6.14. The van der Waals surface area contributed by atoms with Crippen LogP contribution in [0.2, 0.25) is 0 Å². The maximum atomic E-state index is 13.2. The molecule has 0 saturated heterocycles. The number of aromatic nitrogens is 4. The molecule has 0 fully saturated rings. The third kappa shape index (κ3) is 13.2. The van der Waals surface area contributed by atoms with Crippen LogP contribution in [0.3, 0.4) is 0 Å². The lowest BCUT2D eigenvalue weighted by molar-refractivity contribution is 0.0778. The molecule has 4 amide bonds. The Balaban J connectivity index is 0.000000191. The molecule has 0 spiro atoms. The summed E-state index contributed by atoms with van der Waals surface area (Å²) in [5.41, 5.74) is 18.0. The number of primary amides is 2. The van der Waals surface area contributed by atoms with Crippen LogP contribution in [-0.4, -0.2) is 98.3 Å². The number of hydrogen-bond donors (Lipinski definition) is 6. The van der Waals surface area contributed by atoms with Gasteiger partial charge < -0.3 is 40.8 Å². The van der Waals surface area contributed by atoms with Crippen molar-refractivity contribution in [2.24, 2.45) is 11.5 Å². The van der Waals surface area contributed by atoms with Crippen LogP contribution in [0.15, 0.2) is 138 Å². The number of carbonyl (C=O) groups excluding carboxylic acids is 4. The van der Waals surface area contributed by atoms with Crippen molar-refractivity contribution in [1.29, 1.82) is 0 Å². The molecule has 8 aromatic rings. The second-order valence-electron chi connectivity index (χ2n) is 16.2. The topological polar surface area (TPSA) is 243 Å². The molecule has 2 aromatic heterocycles. The number of nitrogens with one attached hydrogen (secondary N) is 2. The van der Waals surface area contributed by atoms with E-state index in [2.05, 4.69) is 36.3 Å². The van der Waals surface area contributed by atoms with Crippen LogP contribution in [0.5, 0.6) is 11.5 Å². The maximum Gasteiger partial charge on any atom is 0.488 e. The van der Waals surface area contributed by atoms with Crippen LogP contribution in [0.1, 0.15) is 79.2 Å². The minimum Gasteiger partial charge on any atom is -0.493 e. The summed E-state index contributed by atoms with van der Waals surface area (Å²) in [7, 11) is 2.00. The zero-order valence-electron chi connectivity index (χ0n) is 39.2. The highest BCUT2D eigenvalue weighted by atomic mass is 79.9.